The molecule has 22 heavy (non-hydrogen) atoms. The second-order valence-corrected chi connectivity index (χ2v) is 4.71. The molecule has 1 N–H and O–H groups in total. The summed E-state index contributed by atoms with van der Waals surface area (Å²) >= 11 is 0. The third-order valence-electron chi connectivity index (χ3n) is 3.11. The summed E-state index contributed by atoms with van der Waals surface area (Å²) in [5.41, 5.74) is 2.56. The maximum Gasteiger partial charge on any atom is 0.226 e. The fraction of sp³-hybridized carbons (Fsp3) is 0.231. The number of anilines is 1. The van der Waals surface area contributed by atoms with Gasteiger partial charge in [0.2, 0.25) is 5.91 Å². The third-order valence-corrected chi connectivity index (χ3v) is 3.11. The summed E-state index contributed by atoms with van der Waals surface area (Å²) in [6.07, 6.45) is 4.88. The number of tetrazole rings is 1. The Morgan fingerprint density at radius 1 is 1.32 bits per heavy atom. The standard InChI is InChI=1S/C13H14N8O/c1-10-6-11(2-3-12(10)21-9-15-18-19-21)17-13(22)4-5-20-8-14-7-16-20/h2-3,6-9H,4-5H2,1H3,(H,17,22). The number of nitrogens with one attached hydrogen (secondary N) is 1. The Hall–Kier alpha value is -3.10. The van der Waals surface area contributed by atoms with Crippen LogP contribution in [0, 0.1) is 6.92 Å². The fourth-order valence-electron chi connectivity index (χ4n) is 2.05. The highest BCUT2D eigenvalue weighted by atomic mass is 16.1. The summed E-state index contributed by atoms with van der Waals surface area (Å²) in [6.45, 7) is 2.43. The van der Waals surface area contributed by atoms with Gasteiger partial charge >= 0.3 is 0 Å². The molecule has 3 rings (SSSR count). The van der Waals surface area contributed by atoms with Gasteiger partial charge in [-0.15, -0.1) is 5.10 Å². The molecule has 9 nitrogen and oxygen atoms in total. The first-order valence-electron chi connectivity index (χ1n) is 6.68. The summed E-state index contributed by atoms with van der Waals surface area (Å²) in [5, 5.41) is 17.9. The van der Waals surface area contributed by atoms with Crippen LogP contribution in [0.2, 0.25) is 0 Å². The molecule has 0 aliphatic rings. The SMILES string of the molecule is Cc1cc(NC(=O)CCn2cncn2)ccc1-n1cnnn1. The molecule has 1 aromatic carbocycles. The molecule has 1 amide bonds. The van der Waals surface area contributed by atoms with Crippen molar-refractivity contribution in [3.63, 3.8) is 0 Å². The van der Waals surface area contributed by atoms with Gasteiger partial charge in [0.15, 0.2) is 0 Å². The minimum absolute atomic E-state index is 0.0786. The Bertz CT molecular complexity index is 750. The smallest absolute Gasteiger partial charge is 0.226 e. The number of aromatic nitrogens is 7. The Morgan fingerprint density at radius 3 is 2.91 bits per heavy atom. The van der Waals surface area contributed by atoms with Crippen LogP contribution in [0.15, 0.2) is 37.2 Å². The van der Waals surface area contributed by atoms with Crippen LogP contribution >= 0.6 is 0 Å². The predicted molar refractivity (Wildman–Crippen MR) is 77.2 cm³/mol. The van der Waals surface area contributed by atoms with Crippen molar-refractivity contribution in [1.82, 2.24) is 35.0 Å². The quantitative estimate of drug-likeness (QED) is 0.739. The summed E-state index contributed by atoms with van der Waals surface area (Å²) < 4.78 is 3.19. The Morgan fingerprint density at radius 2 is 2.23 bits per heavy atom. The van der Waals surface area contributed by atoms with E-state index in [1.165, 1.54) is 12.7 Å². The van der Waals surface area contributed by atoms with Crippen molar-refractivity contribution in [3.8, 4) is 5.69 Å². The fourth-order valence-corrected chi connectivity index (χ4v) is 2.05. The van der Waals surface area contributed by atoms with Crippen LogP contribution in [0.5, 0.6) is 0 Å². The number of benzene rings is 1. The molecule has 2 aromatic heterocycles. The molecule has 0 saturated carbocycles. The zero-order valence-electron chi connectivity index (χ0n) is 11.9. The van der Waals surface area contributed by atoms with Gasteiger partial charge in [0.1, 0.15) is 19.0 Å². The second kappa shape index (κ2) is 6.12. The van der Waals surface area contributed by atoms with Crippen molar-refractivity contribution >= 4 is 11.6 Å². The maximum atomic E-state index is 11.9. The van der Waals surface area contributed by atoms with E-state index in [1.807, 2.05) is 25.1 Å². The molecule has 2 heterocycles. The van der Waals surface area contributed by atoms with Crippen molar-refractivity contribution < 1.29 is 4.79 Å². The summed E-state index contributed by atoms with van der Waals surface area (Å²) in [6, 6.07) is 5.56. The van der Waals surface area contributed by atoms with Gasteiger partial charge in [-0.2, -0.15) is 5.10 Å². The Kier molecular flexibility index (Phi) is 3.86. The molecule has 0 saturated heterocycles. The van der Waals surface area contributed by atoms with E-state index in [1.54, 1.807) is 15.7 Å². The summed E-state index contributed by atoms with van der Waals surface area (Å²) in [7, 11) is 0. The summed E-state index contributed by atoms with van der Waals surface area (Å²) in [5.74, 6) is -0.0786. The molecular weight excluding hydrogens is 284 g/mol. The van der Waals surface area contributed by atoms with E-state index >= 15 is 0 Å². The van der Waals surface area contributed by atoms with E-state index in [0.29, 0.717) is 13.0 Å². The topological polar surface area (TPSA) is 103 Å². The predicted octanol–water partition coefficient (Wildman–Crippen LogP) is 0.591. The first-order valence-corrected chi connectivity index (χ1v) is 6.68. The van der Waals surface area contributed by atoms with Crippen molar-refractivity contribution in [2.24, 2.45) is 0 Å². The van der Waals surface area contributed by atoms with E-state index in [0.717, 1.165) is 16.9 Å². The normalized spacial score (nSPS) is 10.6. The van der Waals surface area contributed by atoms with E-state index in [9.17, 15) is 4.79 Å². The number of rotatable bonds is 5. The lowest BCUT2D eigenvalue weighted by Crippen LogP contribution is -2.15. The van der Waals surface area contributed by atoms with E-state index in [-0.39, 0.29) is 5.91 Å². The number of aryl methyl sites for hydroxylation is 2. The molecule has 3 aromatic rings. The lowest BCUT2D eigenvalue weighted by Gasteiger charge is -2.09. The molecule has 0 fully saturated rings. The molecule has 0 spiro atoms. The largest absolute Gasteiger partial charge is 0.326 e. The van der Waals surface area contributed by atoms with Crippen molar-refractivity contribution in [2.75, 3.05) is 5.32 Å². The highest BCUT2D eigenvalue weighted by Crippen LogP contribution is 2.18. The summed E-state index contributed by atoms with van der Waals surface area (Å²) in [4.78, 5) is 15.8. The van der Waals surface area contributed by atoms with Crippen LogP contribution < -0.4 is 5.32 Å². The number of carbonyl (C=O) groups is 1. The number of nitrogens with zero attached hydrogens (tertiary/aromatic N) is 7. The second-order valence-electron chi connectivity index (χ2n) is 4.71. The van der Waals surface area contributed by atoms with Crippen molar-refractivity contribution in [2.45, 2.75) is 19.9 Å². The number of hydrogen-bond donors (Lipinski definition) is 1. The first kappa shape index (κ1) is 13.9. The van der Waals surface area contributed by atoms with Gasteiger partial charge in [-0.05, 0) is 41.1 Å². The zero-order valence-corrected chi connectivity index (χ0v) is 11.9. The number of amides is 1. The van der Waals surface area contributed by atoms with Gasteiger partial charge in [-0.1, -0.05) is 0 Å². The van der Waals surface area contributed by atoms with Gasteiger partial charge in [-0.3, -0.25) is 9.48 Å². The van der Waals surface area contributed by atoms with Crippen LogP contribution in [0.4, 0.5) is 5.69 Å². The number of hydrogen-bond acceptors (Lipinski definition) is 6. The molecule has 112 valence electrons. The van der Waals surface area contributed by atoms with Gasteiger partial charge < -0.3 is 5.32 Å². The van der Waals surface area contributed by atoms with Crippen LogP contribution in [0.1, 0.15) is 12.0 Å². The highest BCUT2D eigenvalue weighted by molar-refractivity contribution is 5.90. The van der Waals surface area contributed by atoms with Gasteiger partial charge in [0, 0.05) is 12.1 Å². The van der Waals surface area contributed by atoms with Crippen LogP contribution in [0.3, 0.4) is 0 Å². The zero-order chi connectivity index (χ0) is 15.4. The van der Waals surface area contributed by atoms with Crippen LogP contribution in [0.25, 0.3) is 5.69 Å². The lowest BCUT2D eigenvalue weighted by molar-refractivity contribution is -0.116. The molecule has 0 aliphatic heterocycles. The minimum Gasteiger partial charge on any atom is -0.326 e. The van der Waals surface area contributed by atoms with Crippen LogP contribution in [-0.2, 0) is 11.3 Å². The minimum atomic E-state index is -0.0786. The molecule has 0 atom stereocenters. The Balaban J connectivity index is 1.63. The molecule has 0 aliphatic carbocycles. The van der Waals surface area contributed by atoms with Crippen LogP contribution in [-0.4, -0.2) is 40.9 Å². The van der Waals surface area contributed by atoms with E-state index in [4.69, 9.17) is 0 Å². The van der Waals surface area contributed by atoms with Gasteiger partial charge in [0.25, 0.3) is 0 Å². The molecule has 0 bridgehead atoms. The molecular formula is C13H14N8O. The first-order chi connectivity index (χ1) is 10.7. The third kappa shape index (κ3) is 3.14. The number of carbonyl (C=O) groups excluding carboxylic acids is 1. The van der Waals surface area contributed by atoms with E-state index in [2.05, 4.69) is 30.9 Å². The van der Waals surface area contributed by atoms with Crippen molar-refractivity contribution in [3.05, 3.63) is 42.7 Å². The molecule has 9 heteroatoms. The van der Waals surface area contributed by atoms with E-state index < -0.39 is 0 Å². The van der Waals surface area contributed by atoms with Crippen molar-refractivity contribution in [1.29, 1.82) is 0 Å². The lowest BCUT2D eigenvalue weighted by atomic mass is 10.1. The van der Waals surface area contributed by atoms with Gasteiger partial charge in [0.05, 0.1) is 12.2 Å². The average molecular weight is 298 g/mol. The maximum absolute atomic E-state index is 11.9. The average Bonchev–Trinajstić information content (AvgIpc) is 3.19. The molecule has 0 radical (unpaired) electrons. The molecule has 0 unspecified atom stereocenters. The Labute approximate surface area is 126 Å². The highest BCUT2D eigenvalue weighted by Gasteiger charge is 2.07. The van der Waals surface area contributed by atoms with Gasteiger partial charge in [-0.25, -0.2) is 9.67 Å². The monoisotopic (exact) mass is 298 g/mol.